The summed E-state index contributed by atoms with van der Waals surface area (Å²) in [5, 5.41) is 18.1. The molecule has 9 heteroatoms. The highest BCUT2D eigenvalue weighted by Gasteiger charge is 2.28. The van der Waals surface area contributed by atoms with Crippen LogP contribution >= 0.6 is 0 Å². The van der Waals surface area contributed by atoms with E-state index in [1.54, 1.807) is 22.0 Å². The summed E-state index contributed by atoms with van der Waals surface area (Å²) in [5.41, 5.74) is 1.98. The molecule has 3 rings (SSSR count). The number of rotatable bonds is 6. The molecule has 3 heterocycles. The van der Waals surface area contributed by atoms with Crippen LogP contribution in [-0.4, -0.2) is 79.7 Å². The Kier molecular flexibility index (Phi) is 8.51. The Hall–Kier alpha value is -2.36. The normalized spacial score (nSPS) is 22.0. The van der Waals surface area contributed by atoms with Crippen LogP contribution in [0.5, 0.6) is 0 Å². The van der Waals surface area contributed by atoms with Gasteiger partial charge in [0.25, 0.3) is 0 Å². The van der Waals surface area contributed by atoms with Crippen LogP contribution in [0.4, 0.5) is 0 Å². The van der Waals surface area contributed by atoms with E-state index < -0.39 is 0 Å². The number of aliphatic hydroxyl groups is 1. The van der Waals surface area contributed by atoms with Gasteiger partial charge in [-0.3, -0.25) is 19.4 Å². The van der Waals surface area contributed by atoms with E-state index >= 15 is 0 Å². The van der Waals surface area contributed by atoms with Crippen LogP contribution in [0.3, 0.4) is 0 Å². The topological polar surface area (TPSA) is 96.6 Å². The Labute approximate surface area is 184 Å². The van der Waals surface area contributed by atoms with E-state index in [0.717, 1.165) is 12.2 Å². The SMILES string of the molecule is C[C@@H]1CN([C@@H](C)CO)C(=O)CCCn2cc(nn2)CO[C@H]1CN(C)Cc1ccncc1. The third kappa shape index (κ3) is 6.81. The van der Waals surface area contributed by atoms with Gasteiger partial charge in [0.2, 0.25) is 5.91 Å². The molecule has 0 saturated carbocycles. The molecule has 2 aromatic heterocycles. The largest absolute Gasteiger partial charge is 0.394 e. The number of likely N-dealkylation sites (N-methyl/N-ethyl adjacent to an activating group) is 1. The van der Waals surface area contributed by atoms with Crippen molar-refractivity contribution >= 4 is 5.91 Å². The van der Waals surface area contributed by atoms with Crippen LogP contribution in [0, 0.1) is 5.92 Å². The van der Waals surface area contributed by atoms with Gasteiger partial charge in [0.15, 0.2) is 0 Å². The van der Waals surface area contributed by atoms with Gasteiger partial charge >= 0.3 is 0 Å². The molecule has 0 aliphatic carbocycles. The lowest BCUT2D eigenvalue weighted by Crippen LogP contribution is -2.47. The first-order valence-electron chi connectivity index (χ1n) is 10.9. The third-order valence-corrected chi connectivity index (χ3v) is 5.74. The molecule has 170 valence electrons. The highest BCUT2D eigenvalue weighted by molar-refractivity contribution is 5.76. The van der Waals surface area contributed by atoms with Crippen molar-refractivity contribution in [3.05, 3.63) is 42.0 Å². The number of hydrogen-bond donors (Lipinski definition) is 1. The maximum atomic E-state index is 12.9. The number of aryl methyl sites for hydroxylation is 1. The maximum absolute atomic E-state index is 12.9. The zero-order chi connectivity index (χ0) is 22.2. The molecule has 0 spiro atoms. The molecule has 1 aliphatic heterocycles. The Morgan fingerprint density at radius 1 is 1.35 bits per heavy atom. The molecule has 0 fully saturated rings. The van der Waals surface area contributed by atoms with Crippen molar-refractivity contribution in [2.24, 2.45) is 5.92 Å². The Bertz CT molecular complexity index is 815. The number of carbonyl (C=O) groups is 1. The molecule has 0 unspecified atom stereocenters. The average Bonchev–Trinajstić information content (AvgIpc) is 3.22. The fourth-order valence-electron chi connectivity index (χ4n) is 3.86. The van der Waals surface area contributed by atoms with Crippen molar-refractivity contribution in [3.8, 4) is 0 Å². The number of carbonyl (C=O) groups excluding carboxylic acids is 1. The first-order chi connectivity index (χ1) is 15.0. The van der Waals surface area contributed by atoms with Gasteiger partial charge in [-0.15, -0.1) is 5.10 Å². The van der Waals surface area contributed by atoms with Gasteiger partial charge in [0, 0.05) is 50.9 Å². The summed E-state index contributed by atoms with van der Waals surface area (Å²) in [6.07, 6.45) is 6.47. The van der Waals surface area contributed by atoms with Crippen LogP contribution in [-0.2, 0) is 29.2 Å². The van der Waals surface area contributed by atoms with Crippen molar-refractivity contribution < 1.29 is 14.6 Å². The van der Waals surface area contributed by atoms with Crippen molar-refractivity contribution in [1.29, 1.82) is 0 Å². The lowest BCUT2D eigenvalue weighted by Gasteiger charge is -2.35. The van der Waals surface area contributed by atoms with E-state index in [2.05, 4.69) is 34.2 Å². The molecule has 31 heavy (non-hydrogen) atoms. The van der Waals surface area contributed by atoms with Crippen molar-refractivity contribution in [2.75, 3.05) is 26.7 Å². The second-order valence-corrected chi connectivity index (χ2v) is 8.53. The predicted octanol–water partition coefficient (Wildman–Crippen LogP) is 1.33. The molecule has 2 aromatic rings. The maximum Gasteiger partial charge on any atom is 0.222 e. The zero-order valence-corrected chi connectivity index (χ0v) is 18.7. The van der Waals surface area contributed by atoms with Crippen LogP contribution in [0.2, 0.25) is 0 Å². The number of pyridine rings is 1. The van der Waals surface area contributed by atoms with E-state index in [9.17, 15) is 9.90 Å². The fourth-order valence-corrected chi connectivity index (χ4v) is 3.86. The molecular weight excluding hydrogens is 396 g/mol. The minimum atomic E-state index is -0.229. The second-order valence-electron chi connectivity index (χ2n) is 8.53. The first kappa shape index (κ1) is 23.3. The first-order valence-corrected chi connectivity index (χ1v) is 10.9. The smallest absolute Gasteiger partial charge is 0.222 e. The highest BCUT2D eigenvalue weighted by Crippen LogP contribution is 2.18. The third-order valence-electron chi connectivity index (χ3n) is 5.74. The molecule has 1 N–H and O–H groups in total. The molecule has 9 nitrogen and oxygen atoms in total. The van der Waals surface area contributed by atoms with Crippen LogP contribution in [0.1, 0.15) is 37.9 Å². The van der Waals surface area contributed by atoms with E-state index in [1.807, 2.05) is 25.3 Å². The summed E-state index contributed by atoms with van der Waals surface area (Å²) in [6, 6.07) is 3.78. The van der Waals surface area contributed by atoms with Gasteiger partial charge < -0.3 is 14.7 Å². The highest BCUT2D eigenvalue weighted by atomic mass is 16.5. The van der Waals surface area contributed by atoms with Crippen LogP contribution in [0.25, 0.3) is 0 Å². The summed E-state index contributed by atoms with van der Waals surface area (Å²) in [4.78, 5) is 21.0. The molecule has 1 amide bonds. The molecule has 0 saturated heterocycles. The molecule has 2 bridgehead atoms. The predicted molar refractivity (Wildman–Crippen MR) is 116 cm³/mol. The molecule has 1 aliphatic rings. The number of nitrogens with zero attached hydrogens (tertiary/aromatic N) is 6. The molecule has 0 aromatic carbocycles. The lowest BCUT2D eigenvalue weighted by molar-refractivity contribution is -0.136. The Morgan fingerprint density at radius 3 is 2.87 bits per heavy atom. The molecular formula is C22H34N6O3. The van der Waals surface area contributed by atoms with Gasteiger partial charge in [0.05, 0.1) is 31.6 Å². The average molecular weight is 431 g/mol. The summed E-state index contributed by atoms with van der Waals surface area (Å²) in [6.45, 7) is 6.96. The zero-order valence-electron chi connectivity index (χ0n) is 18.7. The van der Waals surface area contributed by atoms with E-state index in [1.165, 1.54) is 5.56 Å². The van der Waals surface area contributed by atoms with Crippen LogP contribution in [0.15, 0.2) is 30.7 Å². The number of hydrogen-bond acceptors (Lipinski definition) is 7. The Morgan fingerprint density at radius 2 is 2.13 bits per heavy atom. The van der Waals surface area contributed by atoms with E-state index in [-0.39, 0.29) is 30.6 Å². The summed E-state index contributed by atoms with van der Waals surface area (Å²) in [5.74, 6) is 0.130. The minimum Gasteiger partial charge on any atom is -0.394 e. The number of fused-ring (bicyclic) bond motifs is 2. The van der Waals surface area contributed by atoms with Crippen molar-refractivity contribution in [2.45, 2.75) is 58.5 Å². The number of ether oxygens (including phenoxy) is 1. The Balaban J connectivity index is 1.76. The van der Waals surface area contributed by atoms with Crippen molar-refractivity contribution in [3.63, 3.8) is 0 Å². The number of aromatic nitrogens is 4. The van der Waals surface area contributed by atoms with Crippen LogP contribution < -0.4 is 0 Å². The lowest BCUT2D eigenvalue weighted by atomic mass is 10.0. The van der Waals surface area contributed by atoms with E-state index in [4.69, 9.17) is 4.74 Å². The van der Waals surface area contributed by atoms with Gasteiger partial charge in [-0.2, -0.15) is 0 Å². The second kappa shape index (κ2) is 11.3. The summed E-state index contributed by atoms with van der Waals surface area (Å²) >= 11 is 0. The van der Waals surface area contributed by atoms with E-state index in [0.29, 0.717) is 39.1 Å². The minimum absolute atomic E-state index is 0.0527. The monoisotopic (exact) mass is 430 g/mol. The van der Waals surface area contributed by atoms with Gasteiger partial charge in [-0.25, -0.2) is 0 Å². The van der Waals surface area contributed by atoms with Gasteiger partial charge in [0.1, 0.15) is 5.69 Å². The standard InChI is InChI=1S/C22H34N6O3/c1-17-11-28(18(2)15-29)22(30)5-4-10-27-13-20(24-25-27)16-31-21(17)14-26(3)12-19-6-8-23-9-7-19/h6-9,13,17-18,21,29H,4-5,10-12,14-16H2,1-3H3/t17-,18+,21+/m1/s1. The summed E-state index contributed by atoms with van der Waals surface area (Å²) in [7, 11) is 2.06. The molecule has 0 radical (unpaired) electrons. The number of aliphatic hydroxyl groups excluding tert-OH is 1. The number of amides is 1. The van der Waals surface area contributed by atoms with Gasteiger partial charge in [-0.05, 0) is 38.1 Å². The quantitative estimate of drug-likeness (QED) is 0.738. The fraction of sp³-hybridized carbons (Fsp3) is 0.636. The van der Waals surface area contributed by atoms with Gasteiger partial charge in [-0.1, -0.05) is 12.1 Å². The van der Waals surface area contributed by atoms with Crippen molar-refractivity contribution in [1.82, 2.24) is 29.8 Å². The molecule has 3 atom stereocenters. The summed E-state index contributed by atoms with van der Waals surface area (Å²) < 4.78 is 8.06.